The fourth-order valence-electron chi connectivity index (χ4n) is 9.58. The molecule has 0 radical (unpaired) electrons. The Balaban J connectivity index is 1.18. The summed E-state index contributed by atoms with van der Waals surface area (Å²) in [6, 6.07) is 70.7. The highest BCUT2D eigenvalue weighted by atomic mass is 14.7. The van der Waals surface area contributed by atoms with Crippen molar-refractivity contribution in [3.8, 4) is 33.5 Å². The molecule has 0 atom stereocenters. The van der Waals surface area contributed by atoms with E-state index in [1.807, 2.05) is 12.1 Å². The van der Waals surface area contributed by atoms with E-state index in [9.17, 15) is 0 Å². The summed E-state index contributed by atoms with van der Waals surface area (Å²) in [5.74, 6) is 0. The molecule has 268 valence electrons. The summed E-state index contributed by atoms with van der Waals surface area (Å²) < 4.78 is 0. The van der Waals surface area contributed by atoms with Crippen LogP contribution in [0.25, 0.3) is 120 Å². The fourth-order valence-corrected chi connectivity index (χ4v) is 9.58. The van der Waals surface area contributed by atoms with Crippen LogP contribution in [0.2, 0.25) is 0 Å². The first kappa shape index (κ1) is 32.6. The molecule has 0 unspecified atom stereocenters. The molecular formula is C56H34N2. The van der Waals surface area contributed by atoms with Crippen molar-refractivity contribution in [1.82, 2.24) is 4.98 Å². The van der Waals surface area contributed by atoms with Crippen LogP contribution >= 0.6 is 0 Å². The monoisotopic (exact) mass is 734 g/mol. The van der Waals surface area contributed by atoms with Crippen LogP contribution in [0.15, 0.2) is 194 Å². The van der Waals surface area contributed by atoms with Crippen LogP contribution in [0, 0.1) is 5.41 Å². The largest absolute Gasteiger partial charge is 0.308 e. The maximum Gasteiger partial charge on any atom is 0.0794 e. The summed E-state index contributed by atoms with van der Waals surface area (Å²) in [6.07, 6.45) is 1.39. The maximum absolute atomic E-state index is 7.81. The zero-order chi connectivity index (χ0) is 38.3. The summed E-state index contributed by atoms with van der Waals surface area (Å²) in [5, 5.41) is 26.4. The molecule has 0 saturated carbocycles. The average Bonchev–Trinajstić information content (AvgIpc) is 3.31. The van der Waals surface area contributed by atoms with Crippen molar-refractivity contribution < 1.29 is 0 Å². The van der Waals surface area contributed by atoms with E-state index in [1.165, 1.54) is 87.4 Å². The van der Waals surface area contributed by atoms with Gasteiger partial charge >= 0.3 is 0 Å². The molecule has 11 aromatic carbocycles. The van der Waals surface area contributed by atoms with Gasteiger partial charge in [-0.25, -0.2) is 4.98 Å². The van der Waals surface area contributed by atoms with Gasteiger partial charge in [-0.3, -0.25) is 0 Å². The van der Waals surface area contributed by atoms with E-state index in [4.69, 9.17) is 10.4 Å². The highest BCUT2D eigenvalue weighted by Crippen LogP contribution is 2.44. The summed E-state index contributed by atoms with van der Waals surface area (Å²) in [4.78, 5) is 5.47. The van der Waals surface area contributed by atoms with Crippen LogP contribution in [0.1, 0.15) is 5.56 Å². The smallest absolute Gasteiger partial charge is 0.0794 e. The third kappa shape index (κ3) is 4.85. The Bertz CT molecular complexity index is 3620. The van der Waals surface area contributed by atoms with Gasteiger partial charge in [0.2, 0.25) is 0 Å². The van der Waals surface area contributed by atoms with Crippen LogP contribution in [-0.4, -0.2) is 11.2 Å². The Morgan fingerprint density at radius 3 is 1.10 bits per heavy atom. The second-order valence-corrected chi connectivity index (χ2v) is 15.4. The van der Waals surface area contributed by atoms with Gasteiger partial charge in [0.1, 0.15) is 0 Å². The van der Waals surface area contributed by atoms with E-state index >= 15 is 0 Å². The van der Waals surface area contributed by atoms with Gasteiger partial charge in [0.15, 0.2) is 0 Å². The number of nitrogens with zero attached hydrogens (tertiary/aromatic N) is 1. The molecular weight excluding hydrogens is 701 g/mol. The minimum Gasteiger partial charge on any atom is -0.308 e. The lowest BCUT2D eigenvalue weighted by atomic mass is 9.88. The molecule has 2 nitrogen and oxygen atoms in total. The topological polar surface area (TPSA) is 36.7 Å². The fraction of sp³-hybridized carbons (Fsp3) is 0. The van der Waals surface area contributed by atoms with Crippen LogP contribution in [0.5, 0.6) is 0 Å². The molecule has 0 amide bonds. The van der Waals surface area contributed by atoms with Crippen molar-refractivity contribution in [2.45, 2.75) is 0 Å². The second-order valence-electron chi connectivity index (χ2n) is 15.4. The molecule has 1 heterocycles. The number of hydrogen-bond acceptors (Lipinski definition) is 2. The molecule has 0 fully saturated rings. The van der Waals surface area contributed by atoms with Crippen molar-refractivity contribution in [1.29, 1.82) is 5.41 Å². The van der Waals surface area contributed by atoms with Crippen molar-refractivity contribution >= 4 is 92.5 Å². The molecule has 1 aromatic heterocycles. The molecule has 2 heteroatoms. The summed E-state index contributed by atoms with van der Waals surface area (Å²) >= 11 is 0. The maximum atomic E-state index is 7.81. The van der Waals surface area contributed by atoms with E-state index in [2.05, 4.69) is 182 Å². The van der Waals surface area contributed by atoms with Gasteiger partial charge in [0, 0.05) is 22.6 Å². The van der Waals surface area contributed by atoms with E-state index in [1.54, 1.807) is 0 Å². The quantitative estimate of drug-likeness (QED) is 0.142. The Morgan fingerprint density at radius 2 is 0.655 bits per heavy atom. The summed E-state index contributed by atoms with van der Waals surface area (Å²) in [6.45, 7) is 0. The molecule has 12 rings (SSSR count). The minimum atomic E-state index is 0.865. The Morgan fingerprint density at radius 1 is 0.293 bits per heavy atom. The van der Waals surface area contributed by atoms with Gasteiger partial charge in [-0.1, -0.05) is 170 Å². The van der Waals surface area contributed by atoms with E-state index in [0.29, 0.717) is 0 Å². The van der Waals surface area contributed by atoms with Gasteiger partial charge in [-0.2, -0.15) is 0 Å². The first-order chi connectivity index (χ1) is 28.7. The molecule has 0 aliphatic carbocycles. The first-order valence-electron chi connectivity index (χ1n) is 19.9. The highest BCUT2D eigenvalue weighted by molar-refractivity contribution is 6.28. The number of aromatic nitrogens is 1. The van der Waals surface area contributed by atoms with Crippen LogP contribution < -0.4 is 0 Å². The first-order valence-corrected chi connectivity index (χ1v) is 19.9. The van der Waals surface area contributed by atoms with Gasteiger partial charge in [-0.05, 0) is 122 Å². The Labute approximate surface area is 334 Å². The molecule has 58 heavy (non-hydrogen) atoms. The third-order valence-corrected chi connectivity index (χ3v) is 12.3. The molecule has 0 bridgehead atoms. The molecule has 12 aromatic rings. The number of nitrogens with one attached hydrogen (secondary N) is 1. The lowest BCUT2D eigenvalue weighted by molar-refractivity contribution is 1.41. The predicted octanol–water partition coefficient (Wildman–Crippen LogP) is 15.3. The standard InChI is InChI=1S/C56H34N2/c57-33-34-21-23-35(24-22-34)55-32-51(37-26-28-48-43-16-4-2-12-39(43)41-14-6-8-18-45(41)53(48)30-37)54-31-50(46-19-9-10-20-49(46)56(54)58-55)36-25-27-47-42-15-3-1-11-38(42)40-13-5-7-17-44(40)52(47)29-36/h1-33,57H. The van der Waals surface area contributed by atoms with E-state index < -0.39 is 0 Å². The third-order valence-electron chi connectivity index (χ3n) is 12.3. The van der Waals surface area contributed by atoms with Gasteiger partial charge in [0.05, 0.1) is 11.2 Å². The molecule has 0 saturated heterocycles. The minimum absolute atomic E-state index is 0.865. The lowest BCUT2D eigenvalue weighted by Gasteiger charge is -2.17. The van der Waals surface area contributed by atoms with Gasteiger partial charge < -0.3 is 5.41 Å². The SMILES string of the molecule is N=Cc1ccc(-c2cc(-c3ccc4c5ccccc5c5ccccc5c4c3)c3cc(-c4ccc5c6ccccc6c6ccccc6c5c4)c4ccccc4c3n2)cc1. The van der Waals surface area contributed by atoms with Crippen molar-refractivity contribution in [2.75, 3.05) is 0 Å². The van der Waals surface area contributed by atoms with Crippen LogP contribution in [0.3, 0.4) is 0 Å². The van der Waals surface area contributed by atoms with Crippen molar-refractivity contribution in [3.05, 3.63) is 200 Å². The molecule has 0 aliphatic heterocycles. The van der Waals surface area contributed by atoms with Crippen molar-refractivity contribution in [2.24, 2.45) is 0 Å². The number of hydrogen-bond donors (Lipinski definition) is 1. The van der Waals surface area contributed by atoms with Gasteiger partial charge in [-0.15, -0.1) is 0 Å². The average molecular weight is 735 g/mol. The van der Waals surface area contributed by atoms with Crippen LogP contribution in [-0.2, 0) is 0 Å². The highest BCUT2D eigenvalue weighted by Gasteiger charge is 2.18. The zero-order valence-corrected chi connectivity index (χ0v) is 31.5. The molecule has 0 spiro atoms. The second kappa shape index (κ2) is 12.7. The summed E-state index contributed by atoms with van der Waals surface area (Å²) in [5.41, 5.74) is 8.42. The zero-order valence-electron chi connectivity index (χ0n) is 31.5. The normalized spacial score (nSPS) is 11.9. The van der Waals surface area contributed by atoms with Gasteiger partial charge in [0.25, 0.3) is 0 Å². The molecule has 1 N–H and O–H groups in total. The number of fused-ring (bicyclic) bond motifs is 15. The van der Waals surface area contributed by atoms with Crippen molar-refractivity contribution in [3.63, 3.8) is 0 Å². The number of pyridine rings is 1. The van der Waals surface area contributed by atoms with Crippen LogP contribution in [0.4, 0.5) is 0 Å². The Kier molecular flexibility index (Phi) is 7.11. The lowest BCUT2D eigenvalue weighted by Crippen LogP contribution is -1.94. The number of benzene rings is 11. The predicted molar refractivity (Wildman–Crippen MR) is 248 cm³/mol. The molecule has 0 aliphatic rings. The Hall–Kier alpha value is -7.68. The van der Waals surface area contributed by atoms with E-state index in [0.717, 1.165) is 44.2 Å². The van der Waals surface area contributed by atoms with E-state index in [-0.39, 0.29) is 0 Å². The number of rotatable bonds is 4. The summed E-state index contributed by atoms with van der Waals surface area (Å²) in [7, 11) is 0.